The Morgan fingerprint density at radius 3 is 2.57 bits per heavy atom. The van der Waals surface area contributed by atoms with Crippen LogP contribution < -0.4 is 4.90 Å². The number of benzene rings is 1. The molecule has 3 rings (SSSR count). The molecule has 0 amide bonds. The van der Waals surface area contributed by atoms with Crippen molar-refractivity contribution in [3.8, 4) is 5.69 Å². The van der Waals surface area contributed by atoms with Crippen molar-refractivity contribution < 1.29 is 9.90 Å². The number of imidazole rings is 1. The Balaban J connectivity index is 2.28. The predicted octanol–water partition coefficient (Wildman–Crippen LogP) is 3.61. The molecule has 7 heteroatoms. The second-order valence-electron chi connectivity index (χ2n) is 4.72. The first-order valence-electron chi connectivity index (χ1n) is 6.16. The minimum atomic E-state index is -0.924. The number of nitrogens with zero attached hydrogens (tertiary/aromatic N) is 3. The van der Waals surface area contributed by atoms with Crippen LogP contribution in [0, 0.1) is 0 Å². The van der Waals surface area contributed by atoms with Gasteiger partial charge in [0.2, 0.25) is 5.95 Å². The van der Waals surface area contributed by atoms with Gasteiger partial charge in [-0.25, -0.2) is 9.78 Å². The number of rotatable bonds is 3. The third-order valence-corrected chi connectivity index (χ3v) is 4.64. The van der Waals surface area contributed by atoms with Crippen LogP contribution in [0.15, 0.2) is 34.8 Å². The summed E-state index contributed by atoms with van der Waals surface area (Å²) in [7, 11) is 3.83. The maximum Gasteiger partial charge on any atom is 0.346 e. The van der Waals surface area contributed by atoms with Crippen LogP contribution in [0.25, 0.3) is 16.0 Å². The zero-order chi connectivity index (χ0) is 15.1. The van der Waals surface area contributed by atoms with Gasteiger partial charge in [0.25, 0.3) is 0 Å². The van der Waals surface area contributed by atoms with E-state index < -0.39 is 5.97 Å². The molecule has 0 spiro atoms. The molecule has 0 saturated carbocycles. The number of carboxylic acid groups (broad SMARTS) is 1. The molecule has 0 unspecified atom stereocenters. The quantitative estimate of drug-likeness (QED) is 0.769. The zero-order valence-corrected chi connectivity index (χ0v) is 13.8. The lowest BCUT2D eigenvalue weighted by Crippen LogP contribution is -2.14. The third-order valence-electron chi connectivity index (χ3n) is 3.01. The fourth-order valence-electron chi connectivity index (χ4n) is 2.09. The molecule has 0 bridgehead atoms. The molecule has 108 valence electrons. The fourth-order valence-corrected chi connectivity index (χ4v) is 3.31. The van der Waals surface area contributed by atoms with Crippen molar-refractivity contribution >= 4 is 49.5 Å². The lowest BCUT2D eigenvalue weighted by Gasteiger charge is -2.14. The summed E-state index contributed by atoms with van der Waals surface area (Å²) in [5, 5.41) is 9.14. The molecule has 0 aliphatic carbocycles. The highest BCUT2D eigenvalue weighted by Gasteiger charge is 2.19. The molecule has 0 fully saturated rings. The topological polar surface area (TPSA) is 58.4 Å². The molecule has 0 saturated heterocycles. The molecule has 0 aliphatic rings. The van der Waals surface area contributed by atoms with Crippen molar-refractivity contribution in [1.82, 2.24) is 9.55 Å². The van der Waals surface area contributed by atoms with E-state index in [1.54, 1.807) is 6.07 Å². The zero-order valence-electron chi connectivity index (χ0n) is 11.4. The van der Waals surface area contributed by atoms with Crippen LogP contribution >= 0.6 is 27.3 Å². The molecule has 0 atom stereocenters. The van der Waals surface area contributed by atoms with Crippen LogP contribution in [0.2, 0.25) is 0 Å². The van der Waals surface area contributed by atoms with Crippen LogP contribution in [-0.2, 0) is 0 Å². The summed E-state index contributed by atoms with van der Waals surface area (Å²) in [5.74, 6) is -0.151. The van der Waals surface area contributed by atoms with Crippen molar-refractivity contribution in [2.75, 3.05) is 19.0 Å². The SMILES string of the molecule is CN(C)c1nc2cc(C(=O)O)sc2n1-c1ccc(Br)cc1. The normalized spacial score (nSPS) is 11.0. The maximum atomic E-state index is 11.1. The highest BCUT2D eigenvalue weighted by Crippen LogP contribution is 2.32. The third kappa shape index (κ3) is 2.43. The van der Waals surface area contributed by atoms with Crippen LogP contribution in [-0.4, -0.2) is 34.7 Å². The van der Waals surface area contributed by atoms with Crippen LogP contribution in [0.3, 0.4) is 0 Å². The van der Waals surface area contributed by atoms with Crippen molar-refractivity contribution in [3.05, 3.63) is 39.7 Å². The minimum Gasteiger partial charge on any atom is -0.477 e. The van der Waals surface area contributed by atoms with Crippen LogP contribution in [0.5, 0.6) is 0 Å². The summed E-state index contributed by atoms with van der Waals surface area (Å²) >= 11 is 4.65. The number of hydrogen-bond donors (Lipinski definition) is 1. The van der Waals surface area contributed by atoms with Gasteiger partial charge in [0.05, 0.1) is 0 Å². The second-order valence-corrected chi connectivity index (χ2v) is 6.67. The van der Waals surface area contributed by atoms with Gasteiger partial charge >= 0.3 is 5.97 Å². The van der Waals surface area contributed by atoms with E-state index in [1.165, 1.54) is 11.3 Å². The Morgan fingerprint density at radius 1 is 1.33 bits per heavy atom. The summed E-state index contributed by atoms with van der Waals surface area (Å²) in [6, 6.07) is 9.46. The first kappa shape index (κ1) is 14.1. The van der Waals surface area contributed by atoms with Gasteiger partial charge in [0.15, 0.2) is 0 Å². The number of carbonyl (C=O) groups is 1. The van der Waals surface area contributed by atoms with Gasteiger partial charge in [-0.15, -0.1) is 11.3 Å². The molecule has 5 nitrogen and oxygen atoms in total. The average Bonchev–Trinajstić information content (AvgIpc) is 2.97. The number of thiophene rings is 1. The Morgan fingerprint density at radius 2 is 2.00 bits per heavy atom. The molecule has 0 radical (unpaired) electrons. The first-order chi connectivity index (χ1) is 9.97. The monoisotopic (exact) mass is 365 g/mol. The van der Waals surface area contributed by atoms with Crippen LogP contribution in [0.1, 0.15) is 9.67 Å². The predicted molar refractivity (Wildman–Crippen MR) is 87.9 cm³/mol. The van der Waals surface area contributed by atoms with Crippen molar-refractivity contribution in [2.45, 2.75) is 0 Å². The number of halogens is 1. The van der Waals surface area contributed by atoms with Crippen molar-refractivity contribution in [1.29, 1.82) is 0 Å². The number of anilines is 1. The highest BCUT2D eigenvalue weighted by molar-refractivity contribution is 9.10. The molecule has 2 aromatic heterocycles. The summed E-state index contributed by atoms with van der Waals surface area (Å²) in [6.45, 7) is 0. The Labute approximate surface area is 133 Å². The average molecular weight is 366 g/mol. The Bertz CT molecular complexity index is 821. The molecule has 2 heterocycles. The standard InChI is InChI=1S/C14H12BrN3O2S/c1-17(2)14-16-10-7-11(13(19)20)21-12(10)18(14)9-5-3-8(15)4-6-9/h3-7H,1-2H3,(H,19,20). The summed E-state index contributed by atoms with van der Waals surface area (Å²) in [4.78, 5) is 18.7. The first-order valence-corrected chi connectivity index (χ1v) is 7.77. The van der Waals surface area contributed by atoms with Gasteiger partial charge in [-0.05, 0) is 30.3 Å². The van der Waals surface area contributed by atoms with Gasteiger partial charge in [0, 0.05) is 24.3 Å². The lowest BCUT2D eigenvalue weighted by molar-refractivity contribution is 0.0702. The summed E-state index contributed by atoms with van der Waals surface area (Å²) < 4.78 is 2.96. The molecule has 3 aromatic rings. The van der Waals surface area contributed by atoms with Gasteiger partial charge in [0.1, 0.15) is 15.2 Å². The minimum absolute atomic E-state index is 0.295. The molecule has 1 N–H and O–H groups in total. The Kier molecular flexibility index (Phi) is 3.46. The van der Waals surface area contributed by atoms with E-state index in [-0.39, 0.29) is 0 Å². The highest BCUT2D eigenvalue weighted by atomic mass is 79.9. The molecule has 1 aromatic carbocycles. The van der Waals surface area contributed by atoms with Gasteiger partial charge < -0.3 is 10.0 Å². The second kappa shape index (κ2) is 5.16. The molecule has 21 heavy (non-hydrogen) atoms. The van der Waals surface area contributed by atoms with Crippen LogP contribution in [0.4, 0.5) is 5.95 Å². The number of fused-ring (bicyclic) bond motifs is 1. The molecule has 0 aliphatic heterocycles. The van der Waals surface area contributed by atoms with E-state index in [4.69, 9.17) is 5.11 Å². The van der Waals surface area contributed by atoms with Gasteiger partial charge in [-0.1, -0.05) is 15.9 Å². The lowest BCUT2D eigenvalue weighted by atomic mass is 10.3. The van der Waals surface area contributed by atoms with E-state index >= 15 is 0 Å². The van der Waals surface area contributed by atoms with E-state index in [0.29, 0.717) is 10.4 Å². The smallest absolute Gasteiger partial charge is 0.346 e. The van der Waals surface area contributed by atoms with E-state index in [1.807, 2.05) is 47.8 Å². The fraction of sp³-hybridized carbons (Fsp3) is 0.143. The van der Waals surface area contributed by atoms with Crippen molar-refractivity contribution in [2.24, 2.45) is 0 Å². The number of carboxylic acids is 1. The van der Waals surface area contributed by atoms with Gasteiger partial charge in [-0.3, -0.25) is 4.57 Å². The van der Waals surface area contributed by atoms with Crippen molar-refractivity contribution in [3.63, 3.8) is 0 Å². The number of aromatic carboxylic acids is 1. The molecular weight excluding hydrogens is 354 g/mol. The largest absolute Gasteiger partial charge is 0.477 e. The van der Waals surface area contributed by atoms with E-state index in [9.17, 15) is 4.79 Å². The van der Waals surface area contributed by atoms with E-state index in [2.05, 4.69) is 20.9 Å². The summed E-state index contributed by atoms with van der Waals surface area (Å²) in [5.41, 5.74) is 1.65. The van der Waals surface area contributed by atoms with Gasteiger partial charge in [-0.2, -0.15) is 0 Å². The summed E-state index contributed by atoms with van der Waals surface area (Å²) in [6.07, 6.45) is 0. The Hall–Kier alpha value is -1.86. The molecular formula is C14H12BrN3O2S. The van der Waals surface area contributed by atoms with E-state index in [0.717, 1.165) is 20.9 Å². The maximum absolute atomic E-state index is 11.1. The number of aromatic nitrogens is 2. The number of hydrogen-bond acceptors (Lipinski definition) is 4.